The number of halogens is 1. The molecule has 3 rings (SSSR count). The quantitative estimate of drug-likeness (QED) is 0.742. The number of hydrogen-bond acceptors (Lipinski definition) is 5. The zero-order chi connectivity index (χ0) is 19.2. The van der Waals surface area contributed by atoms with E-state index in [2.05, 4.69) is 23.6 Å². The van der Waals surface area contributed by atoms with Crippen molar-refractivity contribution in [3.8, 4) is 11.3 Å². The van der Waals surface area contributed by atoms with Crippen molar-refractivity contribution in [2.45, 2.75) is 39.3 Å². The molecule has 0 bridgehead atoms. The lowest BCUT2D eigenvalue weighted by Crippen LogP contribution is -2.53. The minimum Gasteiger partial charge on any atom is -0.396 e. The number of benzene rings is 1. The Morgan fingerprint density at radius 1 is 1.26 bits per heavy atom. The third kappa shape index (κ3) is 5.82. The summed E-state index contributed by atoms with van der Waals surface area (Å²) in [7, 11) is 0. The monoisotopic (exact) mass is 391 g/mol. The number of hydrogen-bond donors (Lipinski definition) is 1. The largest absolute Gasteiger partial charge is 0.396 e. The maximum atomic E-state index is 13.1. The van der Waals surface area contributed by atoms with E-state index >= 15 is 0 Å². The van der Waals surface area contributed by atoms with Gasteiger partial charge in [-0.25, -0.2) is 9.37 Å². The molecule has 1 aliphatic heterocycles. The Morgan fingerprint density at radius 2 is 2.04 bits per heavy atom. The molecule has 4 nitrogen and oxygen atoms in total. The summed E-state index contributed by atoms with van der Waals surface area (Å²) in [6.07, 6.45) is 2.03. The third-order valence-electron chi connectivity index (χ3n) is 5.20. The van der Waals surface area contributed by atoms with Gasteiger partial charge in [0.15, 0.2) is 0 Å². The van der Waals surface area contributed by atoms with Crippen LogP contribution in [0.5, 0.6) is 0 Å². The van der Waals surface area contributed by atoms with Crippen LogP contribution in [0.1, 0.15) is 31.7 Å². The predicted molar refractivity (Wildman–Crippen MR) is 109 cm³/mol. The molecule has 1 atom stereocenters. The first-order valence-electron chi connectivity index (χ1n) is 9.82. The van der Waals surface area contributed by atoms with E-state index in [1.54, 1.807) is 23.5 Å². The van der Waals surface area contributed by atoms with Crippen molar-refractivity contribution in [3.05, 3.63) is 40.5 Å². The maximum absolute atomic E-state index is 13.1. The lowest BCUT2D eigenvalue weighted by molar-refractivity contribution is 0.0524. The highest BCUT2D eigenvalue weighted by Crippen LogP contribution is 2.24. The van der Waals surface area contributed by atoms with Gasteiger partial charge in [-0.3, -0.25) is 9.80 Å². The highest BCUT2D eigenvalue weighted by atomic mass is 32.1. The molecule has 27 heavy (non-hydrogen) atoms. The summed E-state index contributed by atoms with van der Waals surface area (Å²) >= 11 is 1.66. The lowest BCUT2D eigenvalue weighted by atomic mass is 10.1. The van der Waals surface area contributed by atoms with Crippen LogP contribution in [0.3, 0.4) is 0 Å². The number of thiazole rings is 1. The molecule has 0 radical (unpaired) electrons. The van der Waals surface area contributed by atoms with Gasteiger partial charge in [0.2, 0.25) is 0 Å². The first kappa shape index (κ1) is 20.4. The molecule has 0 aliphatic carbocycles. The summed E-state index contributed by atoms with van der Waals surface area (Å²) in [6.45, 7) is 9.77. The molecule has 6 heteroatoms. The second kappa shape index (κ2) is 9.73. The molecule has 0 spiro atoms. The molecule has 0 saturated carbocycles. The summed E-state index contributed by atoms with van der Waals surface area (Å²) in [4.78, 5) is 9.73. The first-order chi connectivity index (χ1) is 13.0. The lowest BCUT2D eigenvalue weighted by Gasteiger charge is -2.41. The number of piperazine rings is 1. The van der Waals surface area contributed by atoms with Gasteiger partial charge in [-0.05, 0) is 49.6 Å². The standard InChI is InChI=1S/C21H30FN3OS/c1-16(2)7-9-25-11-10-24(13-19(25)8-12-26)14-21-23-20(15-27-21)17-3-5-18(22)6-4-17/h3-6,15-16,19,26H,7-14H2,1-2H3/t19-/m0/s1. The predicted octanol–water partition coefficient (Wildman–Crippen LogP) is 3.86. The van der Waals surface area contributed by atoms with Gasteiger partial charge in [0.25, 0.3) is 0 Å². The van der Waals surface area contributed by atoms with Crippen molar-refractivity contribution in [3.63, 3.8) is 0 Å². The summed E-state index contributed by atoms with van der Waals surface area (Å²) in [6, 6.07) is 6.92. The van der Waals surface area contributed by atoms with Gasteiger partial charge in [0.05, 0.1) is 12.2 Å². The molecule has 1 N–H and O–H groups in total. The van der Waals surface area contributed by atoms with Gasteiger partial charge in [0, 0.05) is 43.2 Å². The fraction of sp³-hybridized carbons (Fsp3) is 0.571. The second-order valence-electron chi connectivity index (χ2n) is 7.75. The van der Waals surface area contributed by atoms with Crippen LogP contribution >= 0.6 is 11.3 Å². The second-order valence-corrected chi connectivity index (χ2v) is 8.70. The number of aliphatic hydroxyl groups excluding tert-OH is 1. The Morgan fingerprint density at radius 3 is 2.74 bits per heavy atom. The molecule has 0 amide bonds. The minimum atomic E-state index is -0.223. The van der Waals surface area contributed by atoms with Gasteiger partial charge in [-0.1, -0.05) is 13.8 Å². The highest BCUT2D eigenvalue weighted by molar-refractivity contribution is 7.09. The molecule has 148 valence electrons. The van der Waals surface area contributed by atoms with Crippen LogP contribution in [0, 0.1) is 11.7 Å². The Labute approximate surface area is 165 Å². The highest BCUT2D eigenvalue weighted by Gasteiger charge is 2.27. The average molecular weight is 392 g/mol. The van der Waals surface area contributed by atoms with E-state index in [1.165, 1.54) is 18.6 Å². The number of aromatic nitrogens is 1. The van der Waals surface area contributed by atoms with Crippen molar-refractivity contribution in [1.82, 2.24) is 14.8 Å². The summed E-state index contributed by atoms with van der Waals surface area (Å²) in [5, 5.41) is 12.6. The van der Waals surface area contributed by atoms with Crippen molar-refractivity contribution in [1.29, 1.82) is 0 Å². The van der Waals surface area contributed by atoms with Crippen LogP contribution in [-0.2, 0) is 6.54 Å². The van der Waals surface area contributed by atoms with Crippen LogP contribution < -0.4 is 0 Å². The molecule has 1 fully saturated rings. The smallest absolute Gasteiger partial charge is 0.123 e. The first-order valence-corrected chi connectivity index (χ1v) is 10.7. The average Bonchev–Trinajstić information content (AvgIpc) is 3.10. The molecular formula is C21H30FN3OS. The van der Waals surface area contributed by atoms with E-state index in [0.29, 0.717) is 12.0 Å². The van der Waals surface area contributed by atoms with Gasteiger partial charge in [-0.15, -0.1) is 11.3 Å². The zero-order valence-electron chi connectivity index (χ0n) is 16.3. The van der Waals surface area contributed by atoms with Crippen molar-refractivity contribution in [2.75, 3.05) is 32.8 Å². The fourth-order valence-corrected chi connectivity index (χ4v) is 4.41. The molecule has 1 aliphatic rings. The van der Waals surface area contributed by atoms with Crippen LogP contribution in [0.4, 0.5) is 4.39 Å². The molecule has 2 heterocycles. The topological polar surface area (TPSA) is 39.6 Å². The van der Waals surface area contributed by atoms with E-state index in [-0.39, 0.29) is 12.4 Å². The van der Waals surface area contributed by atoms with Crippen LogP contribution in [0.2, 0.25) is 0 Å². The van der Waals surface area contributed by atoms with Crippen LogP contribution in [0.25, 0.3) is 11.3 Å². The zero-order valence-corrected chi connectivity index (χ0v) is 17.1. The van der Waals surface area contributed by atoms with E-state index in [0.717, 1.165) is 55.4 Å². The molecular weight excluding hydrogens is 361 g/mol. The summed E-state index contributed by atoms with van der Waals surface area (Å²) in [5.74, 6) is 0.484. The Balaban J connectivity index is 1.59. The van der Waals surface area contributed by atoms with E-state index in [4.69, 9.17) is 4.98 Å². The van der Waals surface area contributed by atoms with Gasteiger partial charge >= 0.3 is 0 Å². The van der Waals surface area contributed by atoms with Crippen molar-refractivity contribution < 1.29 is 9.50 Å². The Kier molecular flexibility index (Phi) is 7.35. The normalized spacial score (nSPS) is 19.1. The van der Waals surface area contributed by atoms with E-state index in [9.17, 15) is 9.50 Å². The summed E-state index contributed by atoms with van der Waals surface area (Å²) < 4.78 is 13.1. The van der Waals surface area contributed by atoms with Crippen molar-refractivity contribution in [2.24, 2.45) is 5.92 Å². The van der Waals surface area contributed by atoms with Crippen LogP contribution in [-0.4, -0.2) is 58.7 Å². The molecule has 1 aromatic carbocycles. The Bertz CT molecular complexity index is 704. The van der Waals surface area contributed by atoms with E-state index < -0.39 is 0 Å². The molecule has 1 saturated heterocycles. The summed E-state index contributed by atoms with van der Waals surface area (Å²) in [5.41, 5.74) is 1.87. The molecule has 0 unspecified atom stereocenters. The van der Waals surface area contributed by atoms with Gasteiger partial charge < -0.3 is 5.11 Å². The maximum Gasteiger partial charge on any atom is 0.123 e. The van der Waals surface area contributed by atoms with Gasteiger partial charge in [0.1, 0.15) is 10.8 Å². The minimum absolute atomic E-state index is 0.223. The SMILES string of the molecule is CC(C)CCN1CCN(Cc2nc(-c3ccc(F)cc3)cs2)C[C@@H]1CCO. The van der Waals surface area contributed by atoms with Gasteiger partial charge in [-0.2, -0.15) is 0 Å². The fourth-order valence-electron chi connectivity index (χ4n) is 3.57. The molecule has 2 aromatic rings. The number of aliphatic hydroxyl groups is 1. The number of rotatable bonds is 8. The number of nitrogens with zero attached hydrogens (tertiary/aromatic N) is 3. The van der Waals surface area contributed by atoms with Crippen molar-refractivity contribution >= 4 is 11.3 Å². The molecule has 1 aromatic heterocycles. The van der Waals surface area contributed by atoms with Crippen LogP contribution in [0.15, 0.2) is 29.6 Å². The Hall–Kier alpha value is -1.34. The third-order valence-corrected chi connectivity index (χ3v) is 6.03. The van der Waals surface area contributed by atoms with E-state index in [1.807, 2.05) is 5.38 Å².